The number of likely N-dealkylation sites (tertiary alicyclic amines) is 1. The van der Waals surface area contributed by atoms with Crippen LogP contribution in [-0.2, 0) is 11.3 Å². The van der Waals surface area contributed by atoms with Crippen molar-refractivity contribution >= 4 is 17.5 Å². The normalized spacial score (nSPS) is 18.3. The average molecular weight is 338 g/mol. The third-order valence-electron chi connectivity index (χ3n) is 3.99. The topological polar surface area (TPSA) is 63.1 Å². The fraction of sp³-hybridized carbons (Fsp3) is 0.400. The van der Waals surface area contributed by atoms with Crippen molar-refractivity contribution in [3.05, 3.63) is 40.9 Å². The van der Waals surface area contributed by atoms with Crippen LogP contribution in [0.3, 0.4) is 0 Å². The highest BCUT2D eigenvalue weighted by molar-refractivity contribution is 6.30. The van der Waals surface area contributed by atoms with E-state index in [0.29, 0.717) is 12.2 Å². The van der Waals surface area contributed by atoms with Crippen molar-refractivity contribution in [3.8, 4) is 5.69 Å². The molecule has 1 aromatic heterocycles. The van der Waals surface area contributed by atoms with Gasteiger partial charge in [0.25, 0.3) is 0 Å². The van der Waals surface area contributed by atoms with Gasteiger partial charge in [0.05, 0.1) is 28.6 Å². The summed E-state index contributed by atoms with van der Waals surface area (Å²) < 4.78 is 14.8. The smallest absolute Gasteiger partial charge is 0.237 e. The van der Waals surface area contributed by atoms with Crippen LogP contribution >= 0.6 is 11.6 Å². The van der Waals surface area contributed by atoms with E-state index in [2.05, 4.69) is 20.5 Å². The van der Waals surface area contributed by atoms with E-state index in [0.717, 1.165) is 25.1 Å². The molecule has 0 bridgehead atoms. The lowest BCUT2D eigenvalue weighted by molar-refractivity contribution is -0.125. The SMILES string of the molecule is CNC(=O)[C@@H]1CCCN1Cc1cn(-c2ccc(F)c(Cl)c2)nn1. The summed E-state index contributed by atoms with van der Waals surface area (Å²) in [5.41, 5.74) is 1.39. The quantitative estimate of drug-likeness (QED) is 0.923. The molecule has 6 nitrogen and oxygen atoms in total. The van der Waals surface area contributed by atoms with Crippen LogP contribution in [0.15, 0.2) is 24.4 Å². The third-order valence-corrected chi connectivity index (χ3v) is 4.28. The molecule has 23 heavy (non-hydrogen) atoms. The molecule has 0 saturated carbocycles. The second-order valence-corrected chi connectivity index (χ2v) is 5.90. The Morgan fingerprint density at radius 3 is 3.09 bits per heavy atom. The summed E-state index contributed by atoms with van der Waals surface area (Å²) in [5.74, 6) is -0.443. The number of hydrogen-bond donors (Lipinski definition) is 1. The highest BCUT2D eigenvalue weighted by Crippen LogP contribution is 2.21. The maximum absolute atomic E-state index is 13.2. The molecule has 0 unspecified atom stereocenters. The first-order valence-corrected chi connectivity index (χ1v) is 7.78. The molecule has 0 spiro atoms. The van der Waals surface area contributed by atoms with Crippen molar-refractivity contribution in [3.63, 3.8) is 0 Å². The van der Waals surface area contributed by atoms with Gasteiger partial charge in [-0.15, -0.1) is 5.10 Å². The summed E-state index contributed by atoms with van der Waals surface area (Å²) in [5, 5.41) is 10.9. The van der Waals surface area contributed by atoms with Gasteiger partial charge in [0.1, 0.15) is 5.82 Å². The molecule has 2 aromatic rings. The molecule has 0 radical (unpaired) electrons. The Balaban J connectivity index is 1.74. The number of benzene rings is 1. The lowest BCUT2D eigenvalue weighted by Gasteiger charge is -2.21. The number of nitrogens with zero attached hydrogens (tertiary/aromatic N) is 4. The lowest BCUT2D eigenvalue weighted by atomic mass is 10.2. The molecule has 1 aliphatic rings. The number of halogens is 2. The first-order chi connectivity index (χ1) is 11.1. The molecule has 1 N–H and O–H groups in total. The molecule has 8 heteroatoms. The number of aromatic nitrogens is 3. The Morgan fingerprint density at radius 2 is 2.35 bits per heavy atom. The second kappa shape index (κ2) is 6.64. The minimum atomic E-state index is -0.471. The minimum absolute atomic E-state index is 0.0280. The number of likely N-dealkylation sites (N-methyl/N-ethyl adjacent to an activating group) is 1. The summed E-state index contributed by atoms with van der Waals surface area (Å²) in [6, 6.07) is 4.26. The van der Waals surface area contributed by atoms with Gasteiger partial charge < -0.3 is 5.32 Å². The number of nitrogens with one attached hydrogen (secondary N) is 1. The van der Waals surface area contributed by atoms with Gasteiger partial charge in [0.2, 0.25) is 5.91 Å². The average Bonchev–Trinajstić information content (AvgIpc) is 3.19. The molecular formula is C15H17ClFN5O. The van der Waals surface area contributed by atoms with Gasteiger partial charge in [-0.3, -0.25) is 9.69 Å². The molecule has 1 atom stereocenters. The van der Waals surface area contributed by atoms with Crippen LogP contribution in [0.2, 0.25) is 5.02 Å². The van der Waals surface area contributed by atoms with Crippen LogP contribution in [0.1, 0.15) is 18.5 Å². The number of hydrogen-bond acceptors (Lipinski definition) is 4. The van der Waals surface area contributed by atoms with E-state index in [9.17, 15) is 9.18 Å². The van der Waals surface area contributed by atoms with Crippen molar-refractivity contribution < 1.29 is 9.18 Å². The van der Waals surface area contributed by atoms with E-state index in [-0.39, 0.29) is 17.0 Å². The summed E-state index contributed by atoms with van der Waals surface area (Å²) >= 11 is 5.79. The van der Waals surface area contributed by atoms with E-state index >= 15 is 0 Å². The van der Waals surface area contributed by atoms with Crippen LogP contribution in [0.25, 0.3) is 5.69 Å². The molecule has 3 rings (SSSR count). The molecule has 1 amide bonds. The Labute approximate surface area is 138 Å². The highest BCUT2D eigenvalue weighted by atomic mass is 35.5. The standard InChI is InChI=1S/C15H17ClFN5O/c1-18-15(23)14-3-2-6-21(14)8-10-9-22(20-19-10)11-4-5-13(17)12(16)7-11/h4-5,7,9,14H,2-3,6,8H2,1H3,(H,18,23)/t14-/m0/s1. The molecule has 1 aliphatic heterocycles. The van der Waals surface area contributed by atoms with E-state index in [4.69, 9.17) is 11.6 Å². The van der Waals surface area contributed by atoms with Gasteiger partial charge >= 0.3 is 0 Å². The molecule has 122 valence electrons. The Kier molecular flexibility index (Phi) is 4.58. The van der Waals surface area contributed by atoms with E-state index < -0.39 is 5.82 Å². The number of amides is 1. The summed E-state index contributed by atoms with van der Waals surface area (Å²) in [6.07, 6.45) is 3.60. The minimum Gasteiger partial charge on any atom is -0.358 e. The molecule has 2 heterocycles. The first-order valence-electron chi connectivity index (χ1n) is 7.41. The maximum Gasteiger partial charge on any atom is 0.237 e. The van der Waals surface area contributed by atoms with Crippen LogP contribution in [-0.4, -0.2) is 45.4 Å². The van der Waals surface area contributed by atoms with Gasteiger partial charge in [-0.1, -0.05) is 16.8 Å². The molecule has 0 aliphatic carbocycles. The Morgan fingerprint density at radius 1 is 1.52 bits per heavy atom. The monoisotopic (exact) mass is 337 g/mol. The van der Waals surface area contributed by atoms with Crippen molar-refractivity contribution in [2.75, 3.05) is 13.6 Å². The predicted molar refractivity (Wildman–Crippen MR) is 83.8 cm³/mol. The van der Waals surface area contributed by atoms with Crippen molar-refractivity contribution in [1.82, 2.24) is 25.2 Å². The zero-order valence-corrected chi connectivity index (χ0v) is 13.4. The molecule has 1 fully saturated rings. The second-order valence-electron chi connectivity index (χ2n) is 5.50. The van der Waals surface area contributed by atoms with E-state index in [1.807, 2.05) is 0 Å². The molecular weight excluding hydrogens is 321 g/mol. The Bertz CT molecular complexity index is 720. The van der Waals surface area contributed by atoms with Gasteiger partial charge in [-0.25, -0.2) is 9.07 Å². The van der Waals surface area contributed by atoms with Gasteiger partial charge in [0, 0.05) is 13.6 Å². The Hall–Kier alpha value is -1.99. The van der Waals surface area contributed by atoms with Gasteiger partial charge in [0.15, 0.2) is 0 Å². The fourth-order valence-corrected chi connectivity index (χ4v) is 2.99. The number of carbonyl (C=O) groups excluding carboxylic acids is 1. The van der Waals surface area contributed by atoms with Crippen LogP contribution in [0, 0.1) is 5.82 Å². The third kappa shape index (κ3) is 3.35. The van der Waals surface area contributed by atoms with E-state index in [1.165, 1.54) is 12.1 Å². The van der Waals surface area contributed by atoms with Crippen molar-refractivity contribution in [2.24, 2.45) is 0 Å². The van der Waals surface area contributed by atoms with Gasteiger partial charge in [-0.2, -0.15) is 0 Å². The lowest BCUT2D eigenvalue weighted by Crippen LogP contribution is -2.41. The number of rotatable bonds is 4. The zero-order chi connectivity index (χ0) is 16.4. The van der Waals surface area contributed by atoms with Crippen LogP contribution < -0.4 is 5.32 Å². The predicted octanol–water partition coefficient (Wildman–Crippen LogP) is 1.77. The number of carbonyl (C=O) groups is 1. The maximum atomic E-state index is 13.2. The van der Waals surface area contributed by atoms with Crippen LogP contribution in [0.4, 0.5) is 4.39 Å². The largest absolute Gasteiger partial charge is 0.358 e. The summed E-state index contributed by atoms with van der Waals surface area (Å²) in [6.45, 7) is 1.40. The van der Waals surface area contributed by atoms with Crippen LogP contribution in [0.5, 0.6) is 0 Å². The first kappa shape index (κ1) is 15.9. The summed E-state index contributed by atoms with van der Waals surface area (Å²) in [4.78, 5) is 14.0. The summed E-state index contributed by atoms with van der Waals surface area (Å²) in [7, 11) is 1.65. The van der Waals surface area contributed by atoms with Crippen molar-refractivity contribution in [1.29, 1.82) is 0 Å². The molecule has 1 aromatic carbocycles. The fourth-order valence-electron chi connectivity index (χ4n) is 2.81. The highest BCUT2D eigenvalue weighted by Gasteiger charge is 2.30. The molecule has 1 saturated heterocycles. The van der Waals surface area contributed by atoms with E-state index in [1.54, 1.807) is 24.0 Å². The van der Waals surface area contributed by atoms with Crippen molar-refractivity contribution in [2.45, 2.75) is 25.4 Å². The zero-order valence-electron chi connectivity index (χ0n) is 12.7. The van der Waals surface area contributed by atoms with Gasteiger partial charge in [-0.05, 0) is 37.6 Å².